The van der Waals surface area contributed by atoms with Crippen molar-refractivity contribution < 1.29 is 1.37 Å². The van der Waals surface area contributed by atoms with E-state index in [4.69, 9.17) is 1.37 Å². The van der Waals surface area contributed by atoms with Gasteiger partial charge in [0.2, 0.25) is 0 Å². The molecule has 0 heterocycles. The molecule has 0 N–H and O–H groups in total. The monoisotopic (exact) mass is 339 g/mol. The van der Waals surface area contributed by atoms with Crippen LogP contribution in [0.1, 0.15) is 74.1 Å². The molecule has 1 saturated carbocycles. The van der Waals surface area contributed by atoms with Crippen LogP contribution < -0.4 is 0 Å². The lowest BCUT2D eigenvalue weighted by atomic mass is 9.83. The largest absolute Gasteiger partial charge is 0.311 e. The van der Waals surface area contributed by atoms with E-state index in [1.54, 1.807) is 7.05 Å². The maximum absolute atomic E-state index is 8.91. The van der Waals surface area contributed by atoms with Gasteiger partial charge < -0.3 is 0 Å². The molecule has 1 heteroatoms. The first-order chi connectivity index (χ1) is 13.2. The van der Waals surface area contributed by atoms with Gasteiger partial charge in [-0.3, -0.25) is 0 Å². The fourth-order valence-corrected chi connectivity index (χ4v) is 3.32. The third-order valence-corrected chi connectivity index (χ3v) is 4.64. The van der Waals surface area contributed by atoms with Crippen LogP contribution in [-0.4, -0.2) is 7.05 Å². The molecule has 3 rings (SSSR count). The van der Waals surface area contributed by atoms with Gasteiger partial charge in [-0.2, -0.15) is 0 Å². The zero-order valence-electron chi connectivity index (χ0n) is 16.5. The second-order valence-electron chi connectivity index (χ2n) is 6.43. The molecule has 1 aliphatic carbocycles. The number of hydrogen-bond acceptors (Lipinski definition) is 0. The number of nitrogens with zero attached hydrogens (tertiary/aromatic N) is 1. The molecule has 0 atom stereocenters. The molecular formula is C25H24N+. The molecule has 26 heavy (non-hydrogen) atoms. The first-order valence-corrected chi connectivity index (χ1v) is 9.19. The Bertz CT molecular complexity index is 1010. The van der Waals surface area contributed by atoms with E-state index in [9.17, 15) is 0 Å². The smallest absolute Gasteiger partial charge is 0.101 e. The highest BCUT2D eigenvalue weighted by Gasteiger charge is 2.17. The van der Waals surface area contributed by atoms with Gasteiger partial charge in [-0.15, -0.1) is 5.92 Å². The molecule has 0 spiro atoms. The van der Waals surface area contributed by atoms with Gasteiger partial charge in [0.1, 0.15) is 5.56 Å². The van der Waals surface area contributed by atoms with E-state index >= 15 is 0 Å². The van der Waals surface area contributed by atoms with Crippen LogP contribution in [0.25, 0.3) is 4.85 Å². The number of hydrogen-bond donors (Lipinski definition) is 0. The summed E-state index contributed by atoms with van der Waals surface area (Å²) in [5.41, 5.74) is 4.63. The summed E-state index contributed by atoms with van der Waals surface area (Å²) in [6, 6.07) is 17.1. The predicted octanol–water partition coefficient (Wildman–Crippen LogP) is 5.82. The molecule has 0 aromatic heterocycles. The molecule has 0 bridgehead atoms. The van der Waals surface area contributed by atoms with Gasteiger partial charge in [-0.25, -0.2) is 0 Å². The molecule has 0 radical (unpaired) electrons. The van der Waals surface area contributed by atoms with Crippen molar-refractivity contribution in [2.75, 3.05) is 7.05 Å². The number of rotatable bonds is 1. The van der Waals surface area contributed by atoms with Gasteiger partial charge in [0.15, 0.2) is 0 Å². The normalized spacial score (nSPS) is 15.2. The molecule has 1 aliphatic rings. The van der Waals surface area contributed by atoms with Crippen molar-refractivity contribution >= 4 is 0 Å². The van der Waals surface area contributed by atoms with E-state index in [0.29, 0.717) is 0 Å². The number of benzene rings is 2. The van der Waals surface area contributed by atoms with E-state index in [1.807, 2.05) is 43.3 Å². The van der Waals surface area contributed by atoms with E-state index in [0.717, 1.165) is 53.5 Å². The van der Waals surface area contributed by atoms with Crippen molar-refractivity contribution in [1.82, 2.24) is 0 Å². The van der Waals surface area contributed by atoms with Gasteiger partial charge in [-0.05, 0) is 55.5 Å². The van der Waals surface area contributed by atoms with Crippen LogP contribution in [0, 0.1) is 29.8 Å². The predicted molar refractivity (Wildman–Crippen MR) is 110 cm³/mol. The fraction of sp³-hybridized carbons (Fsp3) is 0.320. The molecule has 1 fully saturated rings. The summed E-state index contributed by atoms with van der Waals surface area (Å²) in [4.78, 5) is 4.04. The second kappa shape index (κ2) is 8.94. The Balaban J connectivity index is 2.05. The molecule has 2 aromatic carbocycles. The molecule has 1 nitrogen and oxygen atoms in total. The summed E-state index contributed by atoms with van der Waals surface area (Å²) in [7, 11) is 1.71. The third kappa shape index (κ3) is 4.36. The summed E-state index contributed by atoms with van der Waals surface area (Å²) in [6.07, 6.45) is 5.31. The molecular weight excluding hydrogens is 314 g/mol. The minimum absolute atomic E-state index is 0.498. The average molecular weight is 339 g/mol. The standard InChI is InChI=1S/C25H24N/c1-3-9-20-12-7-8-13-22(20)14-15-24-18-23(16-17-25(24)19-26-2)21-10-5-4-6-11-21/h7-8,12-13,16-18,21H,4-6,10-11H2,1-2H3/q+1/i21D. The Hall–Kier alpha value is -2.95. The highest BCUT2D eigenvalue weighted by Crippen LogP contribution is 2.33. The summed E-state index contributed by atoms with van der Waals surface area (Å²) in [5, 5.41) is 0. The van der Waals surface area contributed by atoms with Crippen LogP contribution in [-0.2, 0) is 0 Å². The summed E-state index contributed by atoms with van der Waals surface area (Å²) in [5.74, 6) is 12.1. The zero-order chi connectivity index (χ0) is 19.1. The summed E-state index contributed by atoms with van der Waals surface area (Å²) in [6.45, 7) is 1.83. The molecule has 0 aliphatic heterocycles. The van der Waals surface area contributed by atoms with Crippen LogP contribution >= 0.6 is 0 Å². The van der Waals surface area contributed by atoms with Gasteiger partial charge in [-0.1, -0.05) is 60.1 Å². The Morgan fingerprint density at radius 3 is 2.27 bits per heavy atom. The highest BCUT2D eigenvalue weighted by atomic mass is 14.6. The lowest BCUT2D eigenvalue weighted by Gasteiger charge is -2.22. The van der Waals surface area contributed by atoms with Crippen molar-refractivity contribution in [3.05, 3.63) is 75.1 Å². The van der Waals surface area contributed by atoms with E-state index < -0.39 is 5.89 Å². The van der Waals surface area contributed by atoms with Gasteiger partial charge in [0, 0.05) is 18.1 Å². The fourth-order valence-electron chi connectivity index (χ4n) is 3.32. The molecule has 0 unspecified atom stereocenters. The maximum atomic E-state index is 8.91. The molecule has 0 saturated heterocycles. The Morgan fingerprint density at radius 2 is 1.58 bits per heavy atom. The topological polar surface area (TPSA) is 4.36 Å². The van der Waals surface area contributed by atoms with Gasteiger partial charge in [0.05, 0.1) is 0 Å². The first kappa shape index (κ1) is 16.5. The van der Waals surface area contributed by atoms with Crippen molar-refractivity contribution in [2.24, 2.45) is 0 Å². The van der Waals surface area contributed by atoms with Gasteiger partial charge in [0.25, 0.3) is 7.05 Å². The zero-order valence-corrected chi connectivity index (χ0v) is 15.5. The minimum Gasteiger partial charge on any atom is -0.101 e. The second-order valence-corrected chi connectivity index (χ2v) is 6.43. The Kier molecular flexibility index (Phi) is 5.68. The minimum atomic E-state index is -0.498. The Morgan fingerprint density at radius 1 is 0.885 bits per heavy atom. The summed E-state index contributed by atoms with van der Waals surface area (Å²) >= 11 is 0. The molecule has 2 aromatic rings. The lowest BCUT2D eigenvalue weighted by molar-refractivity contribution is 0.443. The quantitative estimate of drug-likeness (QED) is 0.577. The van der Waals surface area contributed by atoms with Crippen molar-refractivity contribution in [3.63, 3.8) is 0 Å². The van der Waals surface area contributed by atoms with E-state index in [2.05, 4.69) is 40.7 Å². The SMILES string of the molecule is [2H]C1(c2ccc(C#[N+]C)c(C#Cc3ccccc3C#CC)c2)CCCCC1. The van der Waals surface area contributed by atoms with Crippen molar-refractivity contribution in [3.8, 4) is 29.8 Å². The van der Waals surface area contributed by atoms with Crippen LogP contribution in [0.4, 0.5) is 0 Å². The summed E-state index contributed by atoms with van der Waals surface area (Å²) < 4.78 is 8.91. The van der Waals surface area contributed by atoms with Gasteiger partial charge >= 0.3 is 6.07 Å². The van der Waals surface area contributed by atoms with Crippen LogP contribution in [0.15, 0.2) is 42.5 Å². The molecule has 128 valence electrons. The molecule has 0 amide bonds. The lowest BCUT2D eigenvalue weighted by Crippen LogP contribution is -2.05. The van der Waals surface area contributed by atoms with E-state index in [1.165, 1.54) is 6.42 Å². The highest BCUT2D eigenvalue weighted by molar-refractivity contribution is 5.56. The average Bonchev–Trinajstić information content (AvgIpc) is 2.69. The first-order valence-electron chi connectivity index (χ1n) is 9.69. The van der Waals surface area contributed by atoms with Crippen molar-refractivity contribution in [1.29, 1.82) is 0 Å². The van der Waals surface area contributed by atoms with Crippen LogP contribution in [0.2, 0.25) is 0 Å². The van der Waals surface area contributed by atoms with Crippen LogP contribution in [0.5, 0.6) is 0 Å². The van der Waals surface area contributed by atoms with Crippen LogP contribution in [0.3, 0.4) is 0 Å². The maximum Gasteiger partial charge on any atom is 0.311 e. The third-order valence-electron chi connectivity index (χ3n) is 4.64. The van der Waals surface area contributed by atoms with E-state index in [-0.39, 0.29) is 0 Å². The van der Waals surface area contributed by atoms with Crippen molar-refractivity contribution in [2.45, 2.75) is 44.9 Å². The Labute approximate surface area is 158 Å².